The summed E-state index contributed by atoms with van der Waals surface area (Å²) in [5.41, 5.74) is 1.69. The first-order valence-electron chi connectivity index (χ1n) is 7.72. The van der Waals surface area contributed by atoms with Crippen LogP contribution in [0.25, 0.3) is 0 Å². The fraction of sp³-hybridized carbons (Fsp3) is 0.278. The first-order valence-corrected chi connectivity index (χ1v) is 8.79. The van der Waals surface area contributed by atoms with E-state index >= 15 is 0 Å². The third-order valence-corrected chi connectivity index (χ3v) is 5.06. The average Bonchev–Trinajstić information content (AvgIpc) is 2.61. The minimum Gasteiger partial charge on any atom is -0.497 e. The average molecular weight is 440 g/mol. The van der Waals surface area contributed by atoms with E-state index in [0.29, 0.717) is 22.2 Å². The predicted octanol–water partition coefficient (Wildman–Crippen LogP) is 3.40. The summed E-state index contributed by atoms with van der Waals surface area (Å²) in [7, 11) is 1.65. The molecule has 6 heteroatoms. The van der Waals surface area contributed by atoms with E-state index in [1.165, 1.54) is 12.1 Å². The molecule has 2 aromatic carbocycles. The summed E-state index contributed by atoms with van der Waals surface area (Å²) in [5, 5.41) is 0. The summed E-state index contributed by atoms with van der Waals surface area (Å²) in [6.45, 7) is 2.85. The van der Waals surface area contributed by atoms with Gasteiger partial charge < -0.3 is 14.5 Å². The zero-order chi connectivity index (χ0) is 17.1. The maximum Gasteiger partial charge on any atom is 0.255 e. The first kappa shape index (κ1) is 17.0. The fourth-order valence-corrected chi connectivity index (χ4v) is 3.50. The van der Waals surface area contributed by atoms with Gasteiger partial charge in [-0.05, 0) is 65.1 Å². The van der Waals surface area contributed by atoms with Gasteiger partial charge in [0.1, 0.15) is 11.6 Å². The van der Waals surface area contributed by atoms with Crippen molar-refractivity contribution in [3.8, 4) is 5.75 Å². The Morgan fingerprint density at radius 3 is 2.33 bits per heavy atom. The van der Waals surface area contributed by atoms with E-state index in [2.05, 4.69) is 4.90 Å². The van der Waals surface area contributed by atoms with Crippen molar-refractivity contribution in [2.45, 2.75) is 0 Å². The van der Waals surface area contributed by atoms with E-state index < -0.39 is 0 Å². The van der Waals surface area contributed by atoms with Gasteiger partial charge in [-0.3, -0.25) is 4.79 Å². The molecule has 1 aliphatic heterocycles. The fourth-order valence-electron chi connectivity index (χ4n) is 2.79. The van der Waals surface area contributed by atoms with Crippen molar-refractivity contribution in [3.63, 3.8) is 0 Å². The SMILES string of the molecule is COc1ccc(N2CCN(C(=O)c3ccc(F)cc3I)CC2)cc1. The topological polar surface area (TPSA) is 32.8 Å². The largest absolute Gasteiger partial charge is 0.497 e. The molecule has 24 heavy (non-hydrogen) atoms. The molecule has 0 aliphatic carbocycles. The Morgan fingerprint density at radius 2 is 1.75 bits per heavy atom. The smallest absolute Gasteiger partial charge is 0.255 e. The molecule has 4 nitrogen and oxygen atoms in total. The number of anilines is 1. The first-order chi connectivity index (χ1) is 11.6. The van der Waals surface area contributed by atoms with E-state index in [4.69, 9.17) is 4.74 Å². The van der Waals surface area contributed by atoms with Crippen molar-refractivity contribution >= 4 is 34.2 Å². The quantitative estimate of drug-likeness (QED) is 0.687. The van der Waals surface area contributed by atoms with Crippen molar-refractivity contribution in [2.24, 2.45) is 0 Å². The van der Waals surface area contributed by atoms with E-state index in [1.54, 1.807) is 13.2 Å². The highest BCUT2D eigenvalue weighted by molar-refractivity contribution is 14.1. The lowest BCUT2D eigenvalue weighted by Gasteiger charge is -2.36. The number of carbonyl (C=O) groups is 1. The van der Waals surface area contributed by atoms with Gasteiger partial charge in [-0.1, -0.05) is 0 Å². The maximum absolute atomic E-state index is 13.2. The number of methoxy groups -OCH3 is 1. The second kappa shape index (κ2) is 7.38. The van der Waals surface area contributed by atoms with E-state index in [9.17, 15) is 9.18 Å². The third kappa shape index (κ3) is 3.63. The second-order valence-electron chi connectivity index (χ2n) is 5.60. The van der Waals surface area contributed by atoms with Crippen LogP contribution in [0.3, 0.4) is 0 Å². The molecular formula is C18H18FIN2O2. The van der Waals surface area contributed by atoms with Gasteiger partial charge in [0.15, 0.2) is 0 Å². The van der Waals surface area contributed by atoms with Crippen LogP contribution < -0.4 is 9.64 Å². The Kier molecular flexibility index (Phi) is 5.23. The standard InChI is InChI=1S/C18H18FIN2O2/c1-24-15-5-3-14(4-6-15)21-8-10-22(11-9-21)18(23)16-7-2-13(19)12-17(16)20/h2-7,12H,8-11H2,1H3. The molecule has 0 spiro atoms. The minimum absolute atomic E-state index is 0.0335. The lowest BCUT2D eigenvalue weighted by Crippen LogP contribution is -2.49. The molecule has 1 aliphatic rings. The molecule has 2 aromatic rings. The molecule has 0 unspecified atom stereocenters. The molecular weight excluding hydrogens is 422 g/mol. The van der Waals surface area contributed by atoms with E-state index in [0.717, 1.165) is 24.5 Å². The summed E-state index contributed by atoms with van der Waals surface area (Å²) < 4.78 is 19.0. The van der Waals surface area contributed by atoms with Crippen LogP contribution in [-0.2, 0) is 0 Å². The molecule has 1 saturated heterocycles. The molecule has 0 saturated carbocycles. The molecule has 0 radical (unpaired) electrons. The number of benzene rings is 2. The van der Waals surface area contributed by atoms with Crippen molar-refractivity contribution < 1.29 is 13.9 Å². The van der Waals surface area contributed by atoms with Gasteiger partial charge in [-0.2, -0.15) is 0 Å². The number of hydrogen-bond acceptors (Lipinski definition) is 3. The van der Waals surface area contributed by atoms with Crippen molar-refractivity contribution in [1.82, 2.24) is 4.90 Å². The summed E-state index contributed by atoms with van der Waals surface area (Å²) in [5.74, 6) is 0.479. The zero-order valence-corrected chi connectivity index (χ0v) is 15.5. The third-order valence-electron chi connectivity index (χ3n) is 4.17. The Morgan fingerprint density at radius 1 is 1.08 bits per heavy atom. The number of halogens is 2. The van der Waals surface area contributed by atoms with Crippen LogP contribution in [0.5, 0.6) is 5.75 Å². The van der Waals surface area contributed by atoms with Gasteiger partial charge >= 0.3 is 0 Å². The number of amides is 1. The van der Waals surface area contributed by atoms with Gasteiger partial charge in [-0.15, -0.1) is 0 Å². The Labute approximate surface area is 154 Å². The summed E-state index contributed by atoms with van der Waals surface area (Å²) in [4.78, 5) is 16.7. The number of rotatable bonds is 3. The maximum atomic E-state index is 13.2. The number of ether oxygens (including phenoxy) is 1. The molecule has 126 valence electrons. The number of piperazine rings is 1. The number of carbonyl (C=O) groups excluding carboxylic acids is 1. The highest BCUT2D eigenvalue weighted by atomic mass is 127. The van der Waals surface area contributed by atoms with Gasteiger partial charge in [-0.25, -0.2) is 4.39 Å². The van der Waals surface area contributed by atoms with Crippen LogP contribution in [0.2, 0.25) is 0 Å². The molecule has 1 fully saturated rings. The van der Waals surface area contributed by atoms with Crippen molar-refractivity contribution in [1.29, 1.82) is 0 Å². The van der Waals surface area contributed by atoms with Crippen LogP contribution in [0, 0.1) is 9.39 Å². The molecule has 0 aromatic heterocycles. The highest BCUT2D eigenvalue weighted by Crippen LogP contribution is 2.22. The van der Waals surface area contributed by atoms with Gasteiger partial charge in [0.2, 0.25) is 0 Å². The molecule has 0 atom stereocenters. The zero-order valence-electron chi connectivity index (χ0n) is 13.3. The predicted molar refractivity (Wildman–Crippen MR) is 100 cm³/mol. The lowest BCUT2D eigenvalue weighted by molar-refractivity contribution is 0.0745. The van der Waals surface area contributed by atoms with Gasteiger partial charge in [0.25, 0.3) is 5.91 Å². The van der Waals surface area contributed by atoms with Crippen LogP contribution in [0.15, 0.2) is 42.5 Å². The molecule has 1 amide bonds. The van der Waals surface area contributed by atoms with E-state index in [-0.39, 0.29) is 11.7 Å². The van der Waals surface area contributed by atoms with Crippen LogP contribution >= 0.6 is 22.6 Å². The normalized spacial score (nSPS) is 14.6. The monoisotopic (exact) mass is 440 g/mol. The molecule has 0 N–H and O–H groups in total. The van der Waals surface area contributed by atoms with Crippen molar-refractivity contribution in [3.05, 3.63) is 57.4 Å². The van der Waals surface area contributed by atoms with E-state index in [1.807, 2.05) is 51.8 Å². The molecule has 1 heterocycles. The highest BCUT2D eigenvalue weighted by Gasteiger charge is 2.23. The minimum atomic E-state index is -0.319. The molecule has 0 bridgehead atoms. The lowest BCUT2D eigenvalue weighted by atomic mass is 10.1. The molecule has 3 rings (SSSR count). The Hall–Kier alpha value is -1.83. The van der Waals surface area contributed by atoms with Crippen LogP contribution in [0.4, 0.5) is 10.1 Å². The Balaban J connectivity index is 1.64. The van der Waals surface area contributed by atoms with Crippen LogP contribution in [-0.4, -0.2) is 44.1 Å². The van der Waals surface area contributed by atoms with Crippen LogP contribution in [0.1, 0.15) is 10.4 Å². The summed E-state index contributed by atoms with van der Waals surface area (Å²) in [6, 6.07) is 12.2. The van der Waals surface area contributed by atoms with Gasteiger partial charge in [0.05, 0.1) is 12.7 Å². The second-order valence-corrected chi connectivity index (χ2v) is 6.76. The number of hydrogen-bond donors (Lipinski definition) is 0. The van der Waals surface area contributed by atoms with Gasteiger partial charge in [0, 0.05) is 35.4 Å². The number of nitrogens with zero attached hydrogens (tertiary/aromatic N) is 2. The summed E-state index contributed by atoms with van der Waals surface area (Å²) >= 11 is 2.01. The summed E-state index contributed by atoms with van der Waals surface area (Å²) in [6.07, 6.45) is 0. The van der Waals surface area contributed by atoms with Crippen molar-refractivity contribution in [2.75, 3.05) is 38.2 Å². The Bertz CT molecular complexity index is 728.